The van der Waals surface area contributed by atoms with Gasteiger partial charge in [-0.25, -0.2) is 8.42 Å². The maximum absolute atomic E-state index is 12.4. The van der Waals surface area contributed by atoms with Gasteiger partial charge < -0.3 is 5.32 Å². The zero-order valence-electron chi connectivity index (χ0n) is 11.8. The quantitative estimate of drug-likeness (QED) is 0.792. The number of nitrogens with one attached hydrogen (secondary N) is 2. The van der Waals surface area contributed by atoms with E-state index in [0.29, 0.717) is 16.4 Å². The normalized spacial score (nSPS) is 11.6. The molecule has 4 nitrogen and oxygen atoms in total. The minimum Gasteiger partial charge on any atom is -0.313 e. The van der Waals surface area contributed by atoms with E-state index in [1.165, 1.54) is 11.3 Å². The van der Waals surface area contributed by atoms with Crippen molar-refractivity contribution in [3.05, 3.63) is 45.2 Å². The van der Waals surface area contributed by atoms with Gasteiger partial charge in [0.1, 0.15) is 4.21 Å². The molecule has 0 aliphatic carbocycles. The van der Waals surface area contributed by atoms with Crippen LogP contribution in [0, 0.1) is 6.92 Å². The number of sulfonamides is 1. The Balaban J connectivity index is 2.19. The average Bonchev–Trinajstić information content (AvgIpc) is 2.89. The number of rotatable bonds is 6. The third kappa shape index (κ3) is 4.29. The summed E-state index contributed by atoms with van der Waals surface area (Å²) in [6, 6.07) is 7.21. The van der Waals surface area contributed by atoms with Gasteiger partial charge in [0.05, 0.1) is 5.69 Å². The fourth-order valence-corrected chi connectivity index (χ4v) is 4.77. The second-order valence-electron chi connectivity index (χ2n) is 4.64. The zero-order valence-corrected chi connectivity index (χ0v) is 15.0. The largest absolute Gasteiger partial charge is 0.313 e. The van der Waals surface area contributed by atoms with Crippen molar-refractivity contribution in [1.82, 2.24) is 5.32 Å². The molecule has 21 heavy (non-hydrogen) atoms. The minimum atomic E-state index is -3.54. The SMILES string of the molecule is CCNCc1csc(S(=O)(=O)Nc2ccc(C)cc2Br)c1. The zero-order chi connectivity index (χ0) is 15.5. The molecule has 0 fully saturated rings. The van der Waals surface area contributed by atoms with E-state index in [4.69, 9.17) is 0 Å². The summed E-state index contributed by atoms with van der Waals surface area (Å²) in [6.45, 7) is 5.50. The molecule has 0 amide bonds. The number of benzene rings is 1. The fraction of sp³-hybridized carbons (Fsp3) is 0.286. The molecule has 0 atom stereocenters. The molecule has 0 spiro atoms. The van der Waals surface area contributed by atoms with Crippen LogP contribution in [0.15, 0.2) is 38.3 Å². The fourth-order valence-electron chi connectivity index (χ4n) is 1.75. The first-order valence-electron chi connectivity index (χ1n) is 6.49. The van der Waals surface area contributed by atoms with Gasteiger partial charge in [-0.3, -0.25) is 4.72 Å². The monoisotopic (exact) mass is 388 g/mol. The minimum absolute atomic E-state index is 0.322. The highest BCUT2D eigenvalue weighted by Gasteiger charge is 2.18. The third-order valence-corrected chi connectivity index (χ3v) is 6.35. The standard InChI is InChI=1S/C14H17BrN2O2S2/c1-3-16-8-11-7-14(20-9-11)21(18,19)17-13-5-4-10(2)6-12(13)15/h4-7,9,16-17H,3,8H2,1-2H3. The Morgan fingerprint density at radius 3 is 2.71 bits per heavy atom. The predicted molar refractivity (Wildman–Crippen MR) is 91.4 cm³/mol. The molecule has 0 bridgehead atoms. The van der Waals surface area contributed by atoms with Crippen LogP contribution in [-0.4, -0.2) is 15.0 Å². The molecule has 0 saturated heterocycles. The van der Waals surface area contributed by atoms with Crippen LogP contribution in [-0.2, 0) is 16.6 Å². The van der Waals surface area contributed by atoms with Gasteiger partial charge in [0.15, 0.2) is 0 Å². The van der Waals surface area contributed by atoms with Crippen molar-refractivity contribution in [2.75, 3.05) is 11.3 Å². The molecular weight excluding hydrogens is 372 g/mol. The van der Waals surface area contributed by atoms with Gasteiger partial charge in [0.2, 0.25) is 0 Å². The summed E-state index contributed by atoms with van der Waals surface area (Å²) >= 11 is 4.61. The summed E-state index contributed by atoms with van der Waals surface area (Å²) < 4.78 is 28.4. The van der Waals surface area contributed by atoms with Crippen molar-refractivity contribution in [2.45, 2.75) is 24.6 Å². The van der Waals surface area contributed by atoms with Gasteiger partial charge in [-0.1, -0.05) is 13.0 Å². The molecule has 1 aromatic carbocycles. The third-order valence-electron chi connectivity index (χ3n) is 2.84. The number of thiophene rings is 1. The summed E-state index contributed by atoms with van der Waals surface area (Å²) in [5, 5.41) is 5.04. The second kappa shape index (κ2) is 6.91. The highest BCUT2D eigenvalue weighted by molar-refractivity contribution is 9.10. The molecule has 0 aliphatic rings. The molecule has 2 N–H and O–H groups in total. The van der Waals surface area contributed by atoms with Crippen LogP contribution < -0.4 is 10.0 Å². The van der Waals surface area contributed by atoms with Crippen LogP contribution >= 0.6 is 27.3 Å². The molecule has 1 aromatic heterocycles. The average molecular weight is 389 g/mol. The summed E-state index contributed by atoms with van der Waals surface area (Å²) in [7, 11) is -3.54. The van der Waals surface area contributed by atoms with Gasteiger partial charge in [-0.2, -0.15) is 0 Å². The summed E-state index contributed by atoms with van der Waals surface area (Å²) in [5.41, 5.74) is 2.58. The van der Waals surface area contributed by atoms with Gasteiger partial charge >= 0.3 is 0 Å². The topological polar surface area (TPSA) is 58.2 Å². The van der Waals surface area contributed by atoms with E-state index in [1.807, 2.05) is 31.4 Å². The summed E-state index contributed by atoms with van der Waals surface area (Å²) in [5.74, 6) is 0. The molecule has 1 heterocycles. The van der Waals surface area contributed by atoms with Crippen molar-refractivity contribution in [3.63, 3.8) is 0 Å². The Morgan fingerprint density at radius 2 is 2.05 bits per heavy atom. The second-order valence-corrected chi connectivity index (χ2v) is 8.32. The number of halogens is 1. The Kier molecular flexibility index (Phi) is 5.43. The number of hydrogen-bond acceptors (Lipinski definition) is 4. The van der Waals surface area contributed by atoms with Crippen LogP contribution in [0.5, 0.6) is 0 Å². The molecule has 0 unspecified atom stereocenters. The van der Waals surface area contributed by atoms with Crippen LogP contribution in [0.4, 0.5) is 5.69 Å². The van der Waals surface area contributed by atoms with Crippen LogP contribution in [0.25, 0.3) is 0 Å². The molecule has 114 valence electrons. The van der Waals surface area contributed by atoms with Crippen molar-refractivity contribution in [2.24, 2.45) is 0 Å². The van der Waals surface area contributed by atoms with E-state index in [-0.39, 0.29) is 0 Å². The molecule has 0 radical (unpaired) electrons. The Hall–Kier alpha value is -0.890. The maximum atomic E-state index is 12.4. The number of anilines is 1. The van der Waals surface area contributed by atoms with Crippen molar-refractivity contribution < 1.29 is 8.42 Å². The van der Waals surface area contributed by atoms with Gasteiger partial charge in [-0.05, 0) is 64.1 Å². The van der Waals surface area contributed by atoms with Gasteiger partial charge in [-0.15, -0.1) is 11.3 Å². The van der Waals surface area contributed by atoms with E-state index < -0.39 is 10.0 Å². The Bertz CT molecular complexity index is 726. The lowest BCUT2D eigenvalue weighted by atomic mass is 10.2. The molecule has 2 aromatic rings. The van der Waals surface area contributed by atoms with Crippen LogP contribution in [0.2, 0.25) is 0 Å². The molecule has 0 saturated carbocycles. The van der Waals surface area contributed by atoms with Gasteiger partial charge in [0.25, 0.3) is 10.0 Å². The first-order valence-corrected chi connectivity index (χ1v) is 9.65. The first-order chi connectivity index (χ1) is 9.92. The van der Waals surface area contributed by atoms with E-state index in [9.17, 15) is 8.42 Å². The highest BCUT2D eigenvalue weighted by atomic mass is 79.9. The smallest absolute Gasteiger partial charge is 0.271 e. The van der Waals surface area contributed by atoms with Crippen molar-refractivity contribution in [3.8, 4) is 0 Å². The lowest BCUT2D eigenvalue weighted by Crippen LogP contribution is -2.13. The van der Waals surface area contributed by atoms with Crippen molar-refractivity contribution in [1.29, 1.82) is 0 Å². The molecule has 2 rings (SSSR count). The van der Waals surface area contributed by atoms with Crippen LogP contribution in [0.3, 0.4) is 0 Å². The molecular formula is C14H17BrN2O2S2. The summed E-state index contributed by atoms with van der Waals surface area (Å²) in [4.78, 5) is 0. The van der Waals surface area contributed by atoms with Crippen LogP contribution in [0.1, 0.15) is 18.1 Å². The van der Waals surface area contributed by atoms with E-state index in [1.54, 1.807) is 12.1 Å². The highest BCUT2D eigenvalue weighted by Crippen LogP contribution is 2.28. The van der Waals surface area contributed by atoms with Crippen molar-refractivity contribution >= 4 is 43.0 Å². The molecule has 0 aliphatic heterocycles. The lowest BCUT2D eigenvalue weighted by Gasteiger charge is -2.08. The van der Waals surface area contributed by atoms with E-state index in [0.717, 1.165) is 22.1 Å². The van der Waals surface area contributed by atoms with E-state index in [2.05, 4.69) is 26.0 Å². The van der Waals surface area contributed by atoms with E-state index >= 15 is 0 Å². The maximum Gasteiger partial charge on any atom is 0.271 e. The Morgan fingerprint density at radius 1 is 1.29 bits per heavy atom. The number of hydrogen-bond donors (Lipinski definition) is 2. The summed E-state index contributed by atoms with van der Waals surface area (Å²) in [6.07, 6.45) is 0. The number of aryl methyl sites for hydroxylation is 1. The lowest BCUT2D eigenvalue weighted by molar-refractivity contribution is 0.603. The first kappa shape index (κ1) is 16.5. The Labute approximate surface area is 137 Å². The van der Waals surface area contributed by atoms with Gasteiger partial charge in [0, 0.05) is 11.0 Å². The molecule has 7 heteroatoms. The predicted octanol–water partition coefficient (Wildman–Crippen LogP) is 3.73.